The average Bonchev–Trinajstić information content (AvgIpc) is 2.97. The zero-order valence-corrected chi connectivity index (χ0v) is 20.9. The van der Waals surface area contributed by atoms with Gasteiger partial charge >= 0.3 is 0 Å². The van der Waals surface area contributed by atoms with Crippen molar-refractivity contribution in [2.24, 2.45) is 0 Å². The van der Waals surface area contributed by atoms with Crippen LogP contribution in [0.1, 0.15) is 22.8 Å². The highest BCUT2D eigenvalue weighted by Gasteiger charge is 2.17. The standard InChI is InChI=1S/C34H30O3/c1-36-33-21-9-8-18-31(33)32(35)23-26-14-10-17-28(22-26)30-20-11-19-29(27-15-6-3-7-16-27)34(30)37-24-25-12-4-2-5-13-25/h2-22,32,35H,23-24H2,1H3. The van der Waals surface area contributed by atoms with Crippen molar-refractivity contribution in [2.75, 3.05) is 7.11 Å². The first-order valence-corrected chi connectivity index (χ1v) is 12.5. The number of para-hydroxylation sites is 2. The molecule has 5 aromatic carbocycles. The molecule has 1 N–H and O–H groups in total. The highest BCUT2D eigenvalue weighted by atomic mass is 16.5. The molecular formula is C34H30O3. The quantitative estimate of drug-likeness (QED) is 0.230. The van der Waals surface area contributed by atoms with Gasteiger partial charge in [-0.3, -0.25) is 0 Å². The van der Waals surface area contributed by atoms with Crippen LogP contribution in [0.15, 0.2) is 127 Å². The molecule has 1 atom stereocenters. The minimum absolute atomic E-state index is 0.476. The molecule has 0 fully saturated rings. The number of aliphatic hydroxyl groups is 1. The van der Waals surface area contributed by atoms with Gasteiger partial charge < -0.3 is 14.6 Å². The maximum Gasteiger partial charge on any atom is 0.135 e. The molecule has 184 valence electrons. The van der Waals surface area contributed by atoms with E-state index in [2.05, 4.69) is 54.6 Å². The van der Waals surface area contributed by atoms with Gasteiger partial charge in [0, 0.05) is 23.1 Å². The van der Waals surface area contributed by atoms with E-state index < -0.39 is 6.10 Å². The molecular weight excluding hydrogens is 456 g/mol. The van der Waals surface area contributed by atoms with Crippen LogP contribution in [0.4, 0.5) is 0 Å². The Labute approximate surface area is 218 Å². The van der Waals surface area contributed by atoms with Crippen molar-refractivity contribution in [3.05, 3.63) is 144 Å². The Kier molecular flexibility index (Phi) is 7.63. The second-order valence-corrected chi connectivity index (χ2v) is 8.98. The van der Waals surface area contributed by atoms with Crippen molar-refractivity contribution in [3.8, 4) is 33.8 Å². The van der Waals surface area contributed by atoms with Crippen molar-refractivity contribution in [2.45, 2.75) is 19.1 Å². The van der Waals surface area contributed by atoms with Crippen LogP contribution in [-0.2, 0) is 13.0 Å². The Morgan fingerprint density at radius 1 is 0.622 bits per heavy atom. The molecule has 0 radical (unpaired) electrons. The number of aliphatic hydroxyl groups excluding tert-OH is 1. The lowest BCUT2D eigenvalue weighted by atomic mass is 9.94. The fraction of sp³-hybridized carbons (Fsp3) is 0.118. The lowest BCUT2D eigenvalue weighted by molar-refractivity contribution is 0.174. The number of benzene rings is 5. The van der Waals surface area contributed by atoms with Gasteiger partial charge in [0.1, 0.15) is 18.1 Å². The summed E-state index contributed by atoms with van der Waals surface area (Å²) >= 11 is 0. The molecule has 37 heavy (non-hydrogen) atoms. The fourth-order valence-electron chi connectivity index (χ4n) is 4.64. The van der Waals surface area contributed by atoms with Crippen molar-refractivity contribution in [3.63, 3.8) is 0 Å². The molecule has 0 saturated heterocycles. The zero-order chi connectivity index (χ0) is 25.5. The van der Waals surface area contributed by atoms with Gasteiger partial charge in [0.05, 0.1) is 13.2 Å². The van der Waals surface area contributed by atoms with Crippen LogP contribution in [0.25, 0.3) is 22.3 Å². The minimum atomic E-state index is -0.671. The summed E-state index contributed by atoms with van der Waals surface area (Å²) in [5.41, 5.74) is 7.16. The Hall–Kier alpha value is -4.34. The summed E-state index contributed by atoms with van der Waals surface area (Å²) in [5.74, 6) is 1.54. The first-order chi connectivity index (χ1) is 18.2. The maximum atomic E-state index is 11.0. The molecule has 0 aliphatic rings. The molecule has 1 unspecified atom stereocenters. The number of rotatable bonds is 9. The van der Waals surface area contributed by atoms with Gasteiger partial charge in [-0.25, -0.2) is 0 Å². The van der Waals surface area contributed by atoms with Gasteiger partial charge in [0.2, 0.25) is 0 Å². The third-order valence-corrected chi connectivity index (χ3v) is 6.49. The van der Waals surface area contributed by atoms with Gasteiger partial charge in [-0.2, -0.15) is 0 Å². The van der Waals surface area contributed by atoms with E-state index in [9.17, 15) is 5.11 Å². The highest BCUT2D eigenvalue weighted by molar-refractivity contribution is 5.82. The molecule has 0 aliphatic carbocycles. The molecule has 0 amide bonds. The lowest BCUT2D eigenvalue weighted by Crippen LogP contribution is -2.04. The SMILES string of the molecule is COc1ccccc1C(O)Cc1cccc(-c2cccc(-c3ccccc3)c2OCc2ccccc2)c1. The van der Waals surface area contributed by atoms with E-state index >= 15 is 0 Å². The molecule has 0 aromatic heterocycles. The molecule has 0 heterocycles. The largest absolute Gasteiger partial charge is 0.496 e. The lowest BCUT2D eigenvalue weighted by Gasteiger charge is -2.18. The third kappa shape index (κ3) is 5.74. The van der Waals surface area contributed by atoms with Crippen LogP contribution in [0.3, 0.4) is 0 Å². The topological polar surface area (TPSA) is 38.7 Å². The van der Waals surface area contributed by atoms with Crippen molar-refractivity contribution in [1.29, 1.82) is 0 Å². The van der Waals surface area contributed by atoms with Crippen LogP contribution in [0.5, 0.6) is 11.5 Å². The molecule has 0 saturated carbocycles. The summed E-state index contributed by atoms with van der Waals surface area (Å²) in [7, 11) is 1.63. The number of hydrogen-bond acceptors (Lipinski definition) is 3. The predicted octanol–water partition coefficient (Wildman–Crippen LogP) is 7.88. The van der Waals surface area contributed by atoms with Crippen molar-refractivity contribution >= 4 is 0 Å². The van der Waals surface area contributed by atoms with Gasteiger partial charge in [0.25, 0.3) is 0 Å². The highest BCUT2D eigenvalue weighted by Crippen LogP contribution is 2.40. The second kappa shape index (κ2) is 11.6. The van der Waals surface area contributed by atoms with E-state index in [1.807, 2.05) is 72.8 Å². The minimum Gasteiger partial charge on any atom is -0.496 e. The van der Waals surface area contributed by atoms with Crippen molar-refractivity contribution in [1.82, 2.24) is 0 Å². The Morgan fingerprint density at radius 2 is 1.22 bits per heavy atom. The van der Waals surface area contributed by atoms with Gasteiger partial charge in [-0.1, -0.05) is 121 Å². The summed E-state index contributed by atoms with van der Waals surface area (Å²) in [5, 5.41) is 11.0. The van der Waals surface area contributed by atoms with Crippen LogP contribution in [-0.4, -0.2) is 12.2 Å². The van der Waals surface area contributed by atoms with E-state index in [1.165, 1.54) is 0 Å². The van der Waals surface area contributed by atoms with E-state index in [0.717, 1.165) is 44.7 Å². The molecule has 3 heteroatoms. The summed E-state index contributed by atoms with van der Waals surface area (Å²) in [6, 6.07) is 42.7. The van der Waals surface area contributed by atoms with Crippen LogP contribution < -0.4 is 9.47 Å². The van der Waals surface area contributed by atoms with E-state index in [0.29, 0.717) is 18.8 Å². The molecule has 5 rings (SSSR count). The third-order valence-electron chi connectivity index (χ3n) is 6.49. The van der Waals surface area contributed by atoms with E-state index in [1.54, 1.807) is 7.11 Å². The fourth-order valence-corrected chi connectivity index (χ4v) is 4.64. The molecule has 0 bridgehead atoms. The smallest absolute Gasteiger partial charge is 0.135 e. The molecule has 0 spiro atoms. The van der Waals surface area contributed by atoms with Crippen LogP contribution >= 0.6 is 0 Å². The summed E-state index contributed by atoms with van der Waals surface area (Å²) in [6.07, 6.45) is -0.192. The Bertz CT molecular complexity index is 1440. The number of hydrogen-bond donors (Lipinski definition) is 1. The Balaban J connectivity index is 1.50. The molecule has 5 aromatic rings. The molecule has 0 aliphatic heterocycles. The van der Waals surface area contributed by atoms with Crippen LogP contribution in [0.2, 0.25) is 0 Å². The van der Waals surface area contributed by atoms with Crippen molar-refractivity contribution < 1.29 is 14.6 Å². The monoisotopic (exact) mass is 486 g/mol. The summed E-state index contributed by atoms with van der Waals surface area (Å²) < 4.78 is 12.0. The average molecular weight is 487 g/mol. The van der Waals surface area contributed by atoms with Gasteiger partial charge in [0.15, 0.2) is 0 Å². The second-order valence-electron chi connectivity index (χ2n) is 8.98. The first-order valence-electron chi connectivity index (χ1n) is 12.5. The van der Waals surface area contributed by atoms with E-state index in [4.69, 9.17) is 9.47 Å². The normalized spacial score (nSPS) is 11.6. The summed E-state index contributed by atoms with van der Waals surface area (Å²) in [6.45, 7) is 0.476. The number of ether oxygens (including phenoxy) is 2. The predicted molar refractivity (Wildman–Crippen MR) is 150 cm³/mol. The zero-order valence-electron chi connectivity index (χ0n) is 20.9. The van der Waals surface area contributed by atoms with Gasteiger partial charge in [-0.05, 0) is 28.3 Å². The Morgan fingerprint density at radius 3 is 1.97 bits per heavy atom. The van der Waals surface area contributed by atoms with E-state index in [-0.39, 0.29) is 0 Å². The first kappa shape index (κ1) is 24.4. The number of methoxy groups -OCH3 is 1. The van der Waals surface area contributed by atoms with Gasteiger partial charge in [-0.15, -0.1) is 0 Å². The van der Waals surface area contributed by atoms with Crippen LogP contribution in [0, 0.1) is 0 Å². The molecule has 3 nitrogen and oxygen atoms in total. The maximum absolute atomic E-state index is 11.0. The summed E-state index contributed by atoms with van der Waals surface area (Å²) in [4.78, 5) is 0.